The summed E-state index contributed by atoms with van der Waals surface area (Å²) < 4.78 is 40.2. The number of hydrogen-bond acceptors (Lipinski definition) is 5. The van der Waals surface area contributed by atoms with Crippen molar-refractivity contribution in [2.75, 3.05) is 37.2 Å². The fraction of sp³-hybridized carbons (Fsp3) is 0.346. The first-order chi connectivity index (χ1) is 17.5. The van der Waals surface area contributed by atoms with E-state index in [1.54, 1.807) is 18.2 Å². The average molecular weight is 534 g/mol. The SMILES string of the molecule is CCS(C)(C)c1c(F)cc(NC(=O)[C@H]2c3ccc(OC)cc3CCN2C(=O)Cc2cc(=O)[nH]o2)cc1F. The van der Waals surface area contributed by atoms with Crippen LogP contribution in [0.4, 0.5) is 14.5 Å². The van der Waals surface area contributed by atoms with Crippen LogP contribution in [0.3, 0.4) is 0 Å². The van der Waals surface area contributed by atoms with Crippen LogP contribution in [0.25, 0.3) is 0 Å². The Morgan fingerprint density at radius 1 is 1.19 bits per heavy atom. The Bertz CT molecular complexity index is 1380. The first kappa shape index (κ1) is 26.5. The summed E-state index contributed by atoms with van der Waals surface area (Å²) in [6.07, 6.45) is 3.89. The Hall–Kier alpha value is -3.60. The zero-order chi connectivity index (χ0) is 26.9. The van der Waals surface area contributed by atoms with Gasteiger partial charge in [0.15, 0.2) is 0 Å². The molecule has 2 amide bonds. The van der Waals surface area contributed by atoms with Gasteiger partial charge in [-0.15, -0.1) is 0 Å². The standard InChI is InChI=1S/C26H29F2N3O5S/c1-5-37(3,4)25-20(27)11-16(12-21(25)28)29-26(34)24-19-7-6-17(35-2)10-15(19)8-9-31(24)23(33)14-18-13-22(32)30-36-18/h6-7,10-13,24H,5,8-9,14H2,1-4H3,(H,29,34)(H,30,32)/t24-/m1/s1. The number of aromatic amines is 1. The molecule has 8 nitrogen and oxygen atoms in total. The number of anilines is 1. The van der Waals surface area contributed by atoms with Crippen LogP contribution in [0, 0.1) is 11.6 Å². The fourth-order valence-electron chi connectivity index (χ4n) is 4.46. The number of methoxy groups -OCH3 is 1. The van der Waals surface area contributed by atoms with Gasteiger partial charge in [0, 0.05) is 18.3 Å². The number of carbonyl (C=O) groups excluding carboxylic acids is 2. The van der Waals surface area contributed by atoms with Crippen molar-refractivity contribution >= 4 is 27.5 Å². The van der Waals surface area contributed by atoms with Gasteiger partial charge in [-0.25, -0.2) is 18.8 Å². The van der Waals surface area contributed by atoms with Crippen molar-refractivity contribution in [3.8, 4) is 5.75 Å². The maximum atomic E-state index is 15.0. The van der Waals surface area contributed by atoms with E-state index in [0.29, 0.717) is 23.5 Å². The molecule has 4 rings (SSSR count). The number of ether oxygens (including phenoxy) is 1. The molecule has 3 aromatic rings. The number of H-pyrrole nitrogens is 1. The largest absolute Gasteiger partial charge is 0.497 e. The van der Waals surface area contributed by atoms with Gasteiger partial charge in [0.1, 0.15) is 29.2 Å². The number of carbonyl (C=O) groups is 2. The minimum Gasteiger partial charge on any atom is -0.497 e. The predicted octanol–water partition coefficient (Wildman–Crippen LogP) is 4.00. The molecule has 0 unspecified atom stereocenters. The third-order valence-electron chi connectivity index (χ3n) is 6.59. The minimum atomic E-state index is -1.68. The van der Waals surface area contributed by atoms with Crippen LogP contribution in [0.15, 0.2) is 50.6 Å². The van der Waals surface area contributed by atoms with Crippen LogP contribution < -0.4 is 15.6 Å². The Labute approximate surface area is 214 Å². The summed E-state index contributed by atoms with van der Waals surface area (Å²) >= 11 is 0. The summed E-state index contributed by atoms with van der Waals surface area (Å²) in [4.78, 5) is 39.6. The lowest BCUT2D eigenvalue weighted by Gasteiger charge is -2.36. The van der Waals surface area contributed by atoms with Crippen molar-refractivity contribution in [1.29, 1.82) is 0 Å². The molecule has 1 aliphatic rings. The van der Waals surface area contributed by atoms with Gasteiger partial charge >= 0.3 is 0 Å². The molecule has 37 heavy (non-hydrogen) atoms. The topological polar surface area (TPSA) is 105 Å². The second-order valence-electron chi connectivity index (χ2n) is 9.25. The monoisotopic (exact) mass is 533 g/mol. The number of amides is 2. The molecule has 1 aromatic heterocycles. The first-order valence-electron chi connectivity index (χ1n) is 11.7. The molecule has 11 heteroatoms. The van der Waals surface area contributed by atoms with Gasteiger partial charge in [0.25, 0.3) is 11.5 Å². The number of aromatic nitrogens is 1. The van der Waals surface area contributed by atoms with Gasteiger partial charge < -0.3 is 19.5 Å². The molecular formula is C26H29F2N3O5S. The van der Waals surface area contributed by atoms with Crippen molar-refractivity contribution in [1.82, 2.24) is 10.1 Å². The highest BCUT2D eigenvalue weighted by Gasteiger charge is 2.37. The van der Waals surface area contributed by atoms with Gasteiger partial charge in [-0.3, -0.25) is 14.4 Å². The minimum absolute atomic E-state index is 0.0351. The molecule has 0 saturated heterocycles. The molecule has 0 saturated carbocycles. The Morgan fingerprint density at radius 2 is 1.89 bits per heavy atom. The zero-order valence-electron chi connectivity index (χ0n) is 21.0. The fourth-order valence-corrected chi connectivity index (χ4v) is 5.92. The Morgan fingerprint density at radius 3 is 2.49 bits per heavy atom. The summed E-state index contributed by atoms with van der Waals surface area (Å²) in [7, 11) is -0.150. The molecule has 1 atom stereocenters. The molecule has 2 aromatic carbocycles. The normalized spacial score (nSPS) is 15.7. The summed E-state index contributed by atoms with van der Waals surface area (Å²) in [6.45, 7) is 2.09. The number of nitrogens with zero attached hydrogens (tertiary/aromatic N) is 1. The van der Waals surface area contributed by atoms with Crippen molar-refractivity contribution in [3.63, 3.8) is 0 Å². The summed E-state index contributed by atoms with van der Waals surface area (Å²) in [5.74, 6) is -1.16. The van der Waals surface area contributed by atoms with Crippen molar-refractivity contribution in [2.45, 2.75) is 30.7 Å². The number of fused-ring (bicyclic) bond motifs is 1. The third kappa shape index (κ3) is 5.41. The molecule has 0 aliphatic carbocycles. The zero-order valence-corrected chi connectivity index (χ0v) is 21.8. The quantitative estimate of drug-likeness (QED) is 0.478. The van der Waals surface area contributed by atoms with Crippen LogP contribution in [0.5, 0.6) is 5.75 Å². The van der Waals surface area contributed by atoms with Gasteiger partial charge in [0.2, 0.25) is 5.91 Å². The average Bonchev–Trinajstić information content (AvgIpc) is 3.26. The molecule has 0 radical (unpaired) electrons. The van der Waals surface area contributed by atoms with Crippen LogP contribution in [0.2, 0.25) is 0 Å². The van der Waals surface area contributed by atoms with E-state index in [1.807, 2.05) is 19.4 Å². The summed E-state index contributed by atoms with van der Waals surface area (Å²) in [5.41, 5.74) is 0.869. The lowest BCUT2D eigenvalue weighted by Crippen LogP contribution is -2.46. The van der Waals surface area contributed by atoms with Gasteiger partial charge in [-0.2, -0.15) is 5.16 Å². The first-order valence-corrected chi connectivity index (χ1v) is 14.3. The van der Waals surface area contributed by atoms with E-state index in [1.165, 1.54) is 18.1 Å². The van der Waals surface area contributed by atoms with E-state index < -0.39 is 45.1 Å². The number of nitrogens with one attached hydrogen (secondary N) is 2. The second-order valence-corrected chi connectivity index (χ2v) is 13.3. The molecule has 0 spiro atoms. The van der Waals surface area contributed by atoms with E-state index >= 15 is 0 Å². The Balaban J connectivity index is 1.68. The summed E-state index contributed by atoms with van der Waals surface area (Å²) in [5, 5.41) is 4.74. The van der Waals surface area contributed by atoms with Crippen LogP contribution in [-0.4, -0.2) is 53.8 Å². The highest BCUT2D eigenvalue weighted by atomic mass is 32.3. The van der Waals surface area contributed by atoms with Crippen molar-refractivity contribution < 1.29 is 27.6 Å². The third-order valence-corrected chi connectivity index (χ3v) is 9.53. The number of hydrogen-bond donors (Lipinski definition) is 2. The Kier molecular flexibility index (Phi) is 7.44. The molecular weight excluding hydrogens is 504 g/mol. The lowest BCUT2D eigenvalue weighted by molar-refractivity contribution is -0.139. The summed E-state index contributed by atoms with van der Waals surface area (Å²) in [6, 6.07) is 7.50. The van der Waals surface area contributed by atoms with E-state index in [9.17, 15) is 23.2 Å². The number of rotatable bonds is 7. The maximum Gasteiger partial charge on any atom is 0.280 e. The second kappa shape index (κ2) is 10.4. The van der Waals surface area contributed by atoms with Gasteiger partial charge in [-0.1, -0.05) is 13.0 Å². The van der Waals surface area contributed by atoms with E-state index in [-0.39, 0.29) is 29.3 Å². The van der Waals surface area contributed by atoms with E-state index in [4.69, 9.17) is 9.26 Å². The molecule has 0 fully saturated rings. The van der Waals surface area contributed by atoms with Crippen LogP contribution >= 0.6 is 10.0 Å². The maximum absolute atomic E-state index is 15.0. The number of benzene rings is 2. The molecule has 2 heterocycles. The lowest BCUT2D eigenvalue weighted by atomic mass is 9.91. The van der Waals surface area contributed by atoms with E-state index in [2.05, 4.69) is 10.5 Å². The van der Waals surface area contributed by atoms with Crippen LogP contribution in [-0.2, 0) is 22.4 Å². The number of halogens is 2. The van der Waals surface area contributed by atoms with Crippen LogP contribution in [0.1, 0.15) is 29.9 Å². The molecule has 2 N–H and O–H groups in total. The van der Waals surface area contributed by atoms with E-state index in [0.717, 1.165) is 17.7 Å². The van der Waals surface area contributed by atoms with Crippen molar-refractivity contribution in [3.05, 3.63) is 75.3 Å². The smallest absolute Gasteiger partial charge is 0.280 e. The highest BCUT2D eigenvalue weighted by molar-refractivity contribution is 8.32. The van der Waals surface area contributed by atoms with Gasteiger partial charge in [-0.05, 0) is 60.1 Å². The predicted molar refractivity (Wildman–Crippen MR) is 137 cm³/mol. The van der Waals surface area contributed by atoms with Crippen molar-refractivity contribution in [2.24, 2.45) is 0 Å². The molecule has 1 aliphatic heterocycles. The van der Waals surface area contributed by atoms with Gasteiger partial charge in [0.05, 0.1) is 18.4 Å². The highest BCUT2D eigenvalue weighted by Crippen LogP contribution is 2.51. The molecule has 0 bridgehead atoms. The molecule has 198 valence electrons.